The van der Waals surface area contributed by atoms with Crippen LogP contribution in [0.5, 0.6) is 5.75 Å². The summed E-state index contributed by atoms with van der Waals surface area (Å²) < 4.78 is 18.0. The zero-order valence-corrected chi connectivity index (χ0v) is 10.8. The lowest BCUT2D eigenvalue weighted by atomic mass is 10.2. The van der Waals surface area contributed by atoms with Crippen molar-refractivity contribution in [2.45, 2.75) is 0 Å². The molecule has 0 unspecified atom stereocenters. The number of nitrogens with zero attached hydrogens (tertiary/aromatic N) is 1. The molecule has 0 saturated heterocycles. The minimum Gasteiger partial charge on any atom is -0.497 e. The van der Waals surface area contributed by atoms with E-state index in [0.29, 0.717) is 5.75 Å². The third-order valence-electron chi connectivity index (χ3n) is 2.56. The van der Waals surface area contributed by atoms with Crippen LogP contribution in [0.25, 0.3) is 0 Å². The first-order valence-electron chi connectivity index (χ1n) is 5.92. The molecule has 1 amide bonds. The molecule has 5 heteroatoms. The lowest BCUT2D eigenvalue weighted by Crippen LogP contribution is -2.17. The van der Waals surface area contributed by atoms with Gasteiger partial charge in [0.2, 0.25) is 0 Å². The van der Waals surface area contributed by atoms with Crippen molar-refractivity contribution in [1.29, 1.82) is 0 Å². The average molecular weight is 272 g/mol. The van der Waals surface area contributed by atoms with Crippen molar-refractivity contribution in [1.82, 2.24) is 5.43 Å². The molecule has 4 nitrogen and oxygen atoms in total. The number of amides is 1. The maximum absolute atomic E-state index is 13.0. The number of rotatable bonds is 4. The molecular weight excluding hydrogens is 259 g/mol. The van der Waals surface area contributed by atoms with Crippen molar-refractivity contribution < 1.29 is 13.9 Å². The summed E-state index contributed by atoms with van der Waals surface area (Å²) in [7, 11) is 1.57. The topological polar surface area (TPSA) is 50.7 Å². The zero-order chi connectivity index (χ0) is 14.4. The molecule has 1 N–H and O–H groups in total. The fraction of sp³-hybridized carbons (Fsp3) is 0.0667. The summed E-state index contributed by atoms with van der Waals surface area (Å²) in [5.41, 5.74) is 3.33. The van der Waals surface area contributed by atoms with Crippen LogP contribution < -0.4 is 10.2 Å². The largest absolute Gasteiger partial charge is 0.497 e. The molecule has 0 aliphatic carbocycles. The van der Waals surface area contributed by atoms with Crippen LogP contribution in [0.1, 0.15) is 15.9 Å². The van der Waals surface area contributed by atoms with Gasteiger partial charge in [0.25, 0.3) is 5.91 Å². The van der Waals surface area contributed by atoms with Crippen LogP contribution >= 0.6 is 0 Å². The van der Waals surface area contributed by atoms with Crippen LogP contribution in [-0.2, 0) is 0 Å². The predicted octanol–water partition coefficient (Wildman–Crippen LogP) is 2.60. The molecule has 0 aliphatic heterocycles. The van der Waals surface area contributed by atoms with Crippen molar-refractivity contribution >= 4 is 12.1 Å². The molecule has 102 valence electrons. The molecule has 2 aromatic rings. The second-order valence-electron chi connectivity index (χ2n) is 3.99. The predicted molar refractivity (Wildman–Crippen MR) is 74.5 cm³/mol. The number of halogens is 1. The molecular formula is C15H13FN2O2. The van der Waals surface area contributed by atoms with Gasteiger partial charge in [-0.3, -0.25) is 4.79 Å². The van der Waals surface area contributed by atoms with Gasteiger partial charge in [-0.2, -0.15) is 5.10 Å². The quantitative estimate of drug-likeness (QED) is 0.687. The van der Waals surface area contributed by atoms with E-state index in [9.17, 15) is 9.18 Å². The molecule has 0 atom stereocenters. The number of ether oxygens (including phenoxy) is 1. The minimum absolute atomic E-state index is 0.216. The number of carbonyl (C=O) groups is 1. The van der Waals surface area contributed by atoms with Crippen molar-refractivity contribution in [2.24, 2.45) is 5.10 Å². The second-order valence-corrected chi connectivity index (χ2v) is 3.99. The number of benzene rings is 2. The first kappa shape index (κ1) is 13.7. The summed E-state index contributed by atoms with van der Waals surface area (Å²) in [5.74, 6) is -0.233. The molecule has 0 fully saturated rings. The summed E-state index contributed by atoms with van der Waals surface area (Å²) >= 11 is 0. The van der Waals surface area contributed by atoms with E-state index >= 15 is 0 Å². The maximum atomic E-state index is 13.0. The van der Waals surface area contributed by atoms with E-state index in [0.717, 1.165) is 11.6 Å². The second kappa shape index (κ2) is 6.47. The van der Waals surface area contributed by atoms with Gasteiger partial charge < -0.3 is 4.74 Å². The third kappa shape index (κ3) is 3.65. The van der Waals surface area contributed by atoms with E-state index in [1.807, 2.05) is 18.2 Å². The number of nitrogens with one attached hydrogen (secondary N) is 1. The molecule has 0 saturated carbocycles. The lowest BCUT2D eigenvalue weighted by molar-refractivity contribution is 0.0954. The Hall–Kier alpha value is -2.69. The number of carbonyl (C=O) groups excluding carboxylic acids is 1. The molecule has 0 aliphatic rings. The van der Waals surface area contributed by atoms with Crippen LogP contribution in [0.2, 0.25) is 0 Å². The summed E-state index contributed by atoms with van der Waals surface area (Å²) in [6.07, 6.45) is 1.49. The summed E-state index contributed by atoms with van der Waals surface area (Å²) in [5, 5.41) is 3.82. The van der Waals surface area contributed by atoms with Gasteiger partial charge in [-0.25, -0.2) is 9.82 Å². The highest BCUT2D eigenvalue weighted by atomic mass is 19.1. The van der Waals surface area contributed by atoms with Crippen molar-refractivity contribution in [3.8, 4) is 5.75 Å². The van der Waals surface area contributed by atoms with E-state index in [1.165, 1.54) is 24.4 Å². The Labute approximate surface area is 115 Å². The highest BCUT2D eigenvalue weighted by Crippen LogP contribution is 2.10. The van der Waals surface area contributed by atoms with Gasteiger partial charge in [-0.05, 0) is 35.9 Å². The Morgan fingerprint density at radius 1 is 1.25 bits per heavy atom. The first-order chi connectivity index (χ1) is 9.69. The van der Waals surface area contributed by atoms with E-state index in [1.54, 1.807) is 13.2 Å². The van der Waals surface area contributed by atoms with Gasteiger partial charge in [-0.15, -0.1) is 0 Å². The Morgan fingerprint density at radius 3 is 2.80 bits per heavy atom. The van der Waals surface area contributed by atoms with Gasteiger partial charge in [0.15, 0.2) is 0 Å². The standard InChI is InChI=1S/C15H13FN2O2/c1-20-14-7-2-4-11(8-14)10-17-18-15(19)12-5-3-6-13(16)9-12/h2-10H,1H3,(H,18,19)/b17-10+. The average Bonchev–Trinajstić information content (AvgIpc) is 2.47. The Balaban J connectivity index is 2.00. The third-order valence-corrected chi connectivity index (χ3v) is 2.56. The number of hydrogen-bond acceptors (Lipinski definition) is 3. The normalized spacial score (nSPS) is 10.5. The monoisotopic (exact) mass is 272 g/mol. The van der Waals surface area contributed by atoms with Gasteiger partial charge in [-0.1, -0.05) is 18.2 Å². The van der Waals surface area contributed by atoms with Crippen LogP contribution in [0.4, 0.5) is 4.39 Å². The van der Waals surface area contributed by atoms with Gasteiger partial charge in [0, 0.05) is 5.56 Å². The number of hydrazone groups is 1. The fourth-order valence-electron chi connectivity index (χ4n) is 1.58. The molecule has 0 bridgehead atoms. The number of hydrogen-bond donors (Lipinski definition) is 1. The van der Waals surface area contributed by atoms with E-state index in [-0.39, 0.29) is 5.56 Å². The molecule has 0 radical (unpaired) electrons. The molecule has 0 spiro atoms. The summed E-state index contributed by atoms with van der Waals surface area (Å²) in [6.45, 7) is 0. The van der Waals surface area contributed by atoms with E-state index in [4.69, 9.17) is 4.74 Å². The van der Waals surface area contributed by atoms with Crippen LogP contribution in [0.15, 0.2) is 53.6 Å². The fourth-order valence-corrected chi connectivity index (χ4v) is 1.58. The van der Waals surface area contributed by atoms with Crippen molar-refractivity contribution in [2.75, 3.05) is 7.11 Å². The molecule has 2 rings (SSSR count). The highest BCUT2D eigenvalue weighted by molar-refractivity contribution is 5.94. The van der Waals surface area contributed by atoms with E-state index < -0.39 is 11.7 Å². The maximum Gasteiger partial charge on any atom is 0.271 e. The molecule has 0 aromatic heterocycles. The first-order valence-corrected chi connectivity index (χ1v) is 5.92. The molecule has 0 heterocycles. The van der Waals surface area contributed by atoms with Gasteiger partial charge >= 0.3 is 0 Å². The highest BCUT2D eigenvalue weighted by Gasteiger charge is 2.04. The molecule has 20 heavy (non-hydrogen) atoms. The Kier molecular flexibility index (Phi) is 4.44. The SMILES string of the molecule is COc1cccc(/C=N/NC(=O)c2cccc(F)c2)c1. The van der Waals surface area contributed by atoms with Crippen molar-refractivity contribution in [3.05, 3.63) is 65.5 Å². The van der Waals surface area contributed by atoms with Crippen LogP contribution in [-0.4, -0.2) is 19.2 Å². The number of methoxy groups -OCH3 is 1. The summed E-state index contributed by atoms with van der Waals surface area (Å²) in [6, 6.07) is 12.6. The Bertz CT molecular complexity index is 641. The zero-order valence-electron chi connectivity index (χ0n) is 10.8. The van der Waals surface area contributed by atoms with Crippen LogP contribution in [0.3, 0.4) is 0 Å². The van der Waals surface area contributed by atoms with Gasteiger partial charge in [0.05, 0.1) is 13.3 Å². The Morgan fingerprint density at radius 2 is 2.05 bits per heavy atom. The van der Waals surface area contributed by atoms with E-state index in [2.05, 4.69) is 10.5 Å². The minimum atomic E-state index is -0.469. The molecule has 2 aromatic carbocycles. The smallest absolute Gasteiger partial charge is 0.271 e. The summed E-state index contributed by atoms with van der Waals surface area (Å²) in [4.78, 5) is 11.7. The lowest BCUT2D eigenvalue weighted by Gasteiger charge is -2.01. The van der Waals surface area contributed by atoms with Crippen molar-refractivity contribution in [3.63, 3.8) is 0 Å². The van der Waals surface area contributed by atoms with Gasteiger partial charge in [0.1, 0.15) is 11.6 Å². The van der Waals surface area contributed by atoms with Crippen LogP contribution in [0, 0.1) is 5.82 Å².